The Morgan fingerprint density at radius 2 is 2.15 bits per heavy atom. The Balaban J connectivity index is 1.43. The Hall–Kier alpha value is -2.89. The van der Waals surface area contributed by atoms with Crippen molar-refractivity contribution in [1.82, 2.24) is 19.9 Å². The number of hydrogen-bond donors (Lipinski definition) is 1. The predicted octanol–water partition coefficient (Wildman–Crippen LogP) is 2.68. The molecular formula is C20H23N5O. The minimum atomic E-state index is -0.00522. The number of piperidine rings is 1. The van der Waals surface area contributed by atoms with Crippen molar-refractivity contribution in [3.8, 4) is 0 Å². The molecule has 0 radical (unpaired) electrons. The topological polar surface area (TPSA) is 62.5 Å². The molecule has 6 heteroatoms. The fourth-order valence-electron chi connectivity index (χ4n) is 3.63. The number of nitrogens with zero attached hydrogens (tertiary/aromatic N) is 4. The van der Waals surface area contributed by atoms with Crippen molar-refractivity contribution in [2.24, 2.45) is 5.92 Å². The summed E-state index contributed by atoms with van der Waals surface area (Å²) >= 11 is 0. The van der Waals surface area contributed by atoms with Gasteiger partial charge >= 0.3 is 0 Å². The van der Waals surface area contributed by atoms with Crippen LogP contribution in [0.5, 0.6) is 0 Å². The summed E-state index contributed by atoms with van der Waals surface area (Å²) in [7, 11) is 0. The molecule has 1 aliphatic heterocycles. The van der Waals surface area contributed by atoms with Crippen molar-refractivity contribution in [1.29, 1.82) is 0 Å². The van der Waals surface area contributed by atoms with E-state index in [0.717, 1.165) is 43.0 Å². The number of fused-ring (bicyclic) bond motifs is 1. The van der Waals surface area contributed by atoms with Gasteiger partial charge in [-0.3, -0.25) is 4.79 Å². The van der Waals surface area contributed by atoms with Crippen molar-refractivity contribution in [3.63, 3.8) is 0 Å². The van der Waals surface area contributed by atoms with Gasteiger partial charge in [-0.15, -0.1) is 0 Å². The van der Waals surface area contributed by atoms with Crippen molar-refractivity contribution in [2.45, 2.75) is 19.8 Å². The first kappa shape index (κ1) is 16.6. The summed E-state index contributed by atoms with van der Waals surface area (Å²) in [6, 6.07) is 11.4. The number of benzene rings is 1. The van der Waals surface area contributed by atoms with E-state index in [0.29, 0.717) is 18.0 Å². The number of rotatable bonds is 4. The van der Waals surface area contributed by atoms with E-state index in [4.69, 9.17) is 0 Å². The van der Waals surface area contributed by atoms with Gasteiger partial charge in [-0.2, -0.15) is 5.10 Å². The third-order valence-electron chi connectivity index (χ3n) is 4.90. The van der Waals surface area contributed by atoms with Crippen LogP contribution in [0.25, 0.3) is 5.52 Å². The van der Waals surface area contributed by atoms with Crippen LogP contribution in [0.15, 0.2) is 48.8 Å². The van der Waals surface area contributed by atoms with E-state index in [2.05, 4.69) is 26.4 Å². The highest BCUT2D eigenvalue weighted by atomic mass is 16.1. The third kappa shape index (κ3) is 3.40. The predicted molar refractivity (Wildman–Crippen MR) is 101 cm³/mol. The van der Waals surface area contributed by atoms with Gasteiger partial charge in [0.2, 0.25) is 0 Å². The second-order valence-corrected chi connectivity index (χ2v) is 6.90. The molecule has 0 bridgehead atoms. The number of aromatic nitrogens is 3. The Bertz CT molecular complexity index is 905. The molecular weight excluding hydrogens is 326 g/mol. The molecule has 4 rings (SSSR count). The SMILES string of the molecule is Cc1cc2c(N3CCCC(CNC(=O)c4ccccc4)C3)nccn2n1. The minimum Gasteiger partial charge on any atom is -0.354 e. The Kier molecular flexibility index (Phi) is 4.56. The molecule has 1 fully saturated rings. The molecule has 1 unspecified atom stereocenters. The van der Waals surface area contributed by atoms with Crippen molar-refractivity contribution in [2.75, 3.05) is 24.5 Å². The number of carbonyl (C=O) groups is 1. The van der Waals surface area contributed by atoms with E-state index in [1.54, 1.807) is 6.20 Å². The number of aryl methyl sites for hydroxylation is 1. The van der Waals surface area contributed by atoms with Crippen molar-refractivity contribution >= 4 is 17.2 Å². The largest absolute Gasteiger partial charge is 0.354 e. The highest BCUT2D eigenvalue weighted by Crippen LogP contribution is 2.25. The summed E-state index contributed by atoms with van der Waals surface area (Å²) in [6.45, 7) is 4.56. The molecule has 2 aromatic heterocycles. The van der Waals surface area contributed by atoms with Crippen LogP contribution in [0.1, 0.15) is 28.9 Å². The van der Waals surface area contributed by atoms with Crippen molar-refractivity contribution in [3.05, 3.63) is 60.0 Å². The Labute approximate surface area is 152 Å². The van der Waals surface area contributed by atoms with E-state index in [1.807, 2.05) is 48.0 Å². The molecule has 1 atom stereocenters. The molecule has 0 saturated carbocycles. The van der Waals surface area contributed by atoms with Crippen LogP contribution in [0.4, 0.5) is 5.82 Å². The summed E-state index contributed by atoms with van der Waals surface area (Å²) in [6.07, 6.45) is 5.90. The van der Waals surface area contributed by atoms with E-state index >= 15 is 0 Å². The van der Waals surface area contributed by atoms with Gasteiger partial charge in [0.25, 0.3) is 5.91 Å². The van der Waals surface area contributed by atoms with E-state index in [9.17, 15) is 4.79 Å². The molecule has 3 heterocycles. The average Bonchev–Trinajstić information content (AvgIpc) is 3.07. The van der Waals surface area contributed by atoms with Gasteiger partial charge in [0.15, 0.2) is 5.82 Å². The first-order chi connectivity index (χ1) is 12.7. The zero-order chi connectivity index (χ0) is 17.9. The molecule has 1 aliphatic rings. The van der Waals surface area contributed by atoms with Gasteiger partial charge in [-0.1, -0.05) is 18.2 Å². The van der Waals surface area contributed by atoms with Gasteiger partial charge < -0.3 is 10.2 Å². The Morgan fingerprint density at radius 1 is 1.31 bits per heavy atom. The number of anilines is 1. The monoisotopic (exact) mass is 349 g/mol. The number of carbonyl (C=O) groups excluding carboxylic acids is 1. The van der Waals surface area contributed by atoms with E-state index in [-0.39, 0.29) is 5.91 Å². The van der Waals surface area contributed by atoms with Gasteiger partial charge in [0, 0.05) is 37.6 Å². The lowest BCUT2D eigenvalue weighted by Crippen LogP contribution is -2.41. The lowest BCUT2D eigenvalue weighted by Gasteiger charge is -2.33. The molecule has 1 N–H and O–H groups in total. The highest BCUT2D eigenvalue weighted by molar-refractivity contribution is 5.94. The fourth-order valence-corrected chi connectivity index (χ4v) is 3.63. The summed E-state index contributed by atoms with van der Waals surface area (Å²) in [5, 5.41) is 7.55. The number of nitrogens with one attached hydrogen (secondary N) is 1. The summed E-state index contributed by atoms with van der Waals surface area (Å²) in [5.41, 5.74) is 2.74. The molecule has 26 heavy (non-hydrogen) atoms. The zero-order valence-corrected chi connectivity index (χ0v) is 14.9. The van der Waals surface area contributed by atoms with Crippen LogP contribution < -0.4 is 10.2 Å². The average molecular weight is 349 g/mol. The number of hydrogen-bond acceptors (Lipinski definition) is 4. The maximum atomic E-state index is 12.3. The quantitative estimate of drug-likeness (QED) is 0.787. The lowest BCUT2D eigenvalue weighted by atomic mass is 9.97. The molecule has 1 aromatic carbocycles. The van der Waals surface area contributed by atoms with Crippen LogP contribution >= 0.6 is 0 Å². The molecule has 1 amide bonds. The van der Waals surface area contributed by atoms with Crippen LogP contribution in [-0.4, -0.2) is 40.1 Å². The summed E-state index contributed by atoms with van der Waals surface area (Å²) in [4.78, 5) is 19.2. The second-order valence-electron chi connectivity index (χ2n) is 6.90. The van der Waals surface area contributed by atoms with Gasteiger partial charge in [0.05, 0.1) is 5.69 Å². The lowest BCUT2D eigenvalue weighted by molar-refractivity contribution is 0.0945. The minimum absolute atomic E-state index is 0.00522. The van der Waals surface area contributed by atoms with Gasteiger partial charge in [-0.25, -0.2) is 9.50 Å². The molecule has 0 aliphatic carbocycles. The van der Waals surface area contributed by atoms with Crippen LogP contribution in [0, 0.1) is 12.8 Å². The molecule has 6 nitrogen and oxygen atoms in total. The van der Waals surface area contributed by atoms with Gasteiger partial charge in [-0.05, 0) is 43.9 Å². The maximum Gasteiger partial charge on any atom is 0.251 e. The Morgan fingerprint density at radius 3 is 3.00 bits per heavy atom. The van der Waals surface area contributed by atoms with Crippen LogP contribution in [-0.2, 0) is 0 Å². The second kappa shape index (κ2) is 7.15. The third-order valence-corrected chi connectivity index (χ3v) is 4.90. The highest BCUT2D eigenvalue weighted by Gasteiger charge is 2.23. The molecule has 1 saturated heterocycles. The standard InChI is InChI=1S/C20H23N5O/c1-15-12-18-19(21-9-11-25(18)23-15)24-10-5-6-16(14-24)13-22-20(26)17-7-3-2-4-8-17/h2-4,7-9,11-12,16H,5-6,10,13-14H2,1H3,(H,22,26). The van der Waals surface area contributed by atoms with E-state index < -0.39 is 0 Å². The smallest absolute Gasteiger partial charge is 0.251 e. The normalized spacial score (nSPS) is 17.4. The summed E-state index contributed by atoms with van der Waals surface area (Å²) in [5.74, 6) is 1.39. The zero-order valence-electron chi connectivity index (χ0n) is 14.9. The van der Waals surface area contributed by atoms with Crippen molar-refractivity contribution < 1.29 is 4.79 Å². The fraction of sp³-hybridized carbons (Fsp3) is 0.350. The van der Waals surface area contributed by atoms with Crippen LogP contribution in [0.3, 0.4) is 0 Å². The number of amides is 1. The summed E-state index contributed by atoms with van der Waals surface area (Å²) < 4.78 is 1.89. The molecule has 134 valence electrons. The molecule has 3 aromatic rings. The first-order valence-electron chi connectivity index (χ1n) is 9.10. The maximum absolute atomic E-state index is 12.3. The molecule has 0 spiro atoms. The van der Waals surface area contributed by atoms with Gasteiger partial charge in [0.1, 0.15) is 5.52 Å². The first-order valence-corrected chi connectivity index (χ1v) is 9.10. The van der Waals surface area contributed by atoms with E-state index in [1.165, 1.54) is 0 Å². The van der Waals surface area contributed by atoms with Crippen LogP contribution in [0.2, 0.25) is 0 Å².